The minimum Gasteiger partial charge on any atom is -0.504 e. The summed E-state index contributed by atoms with van der Waals surface area (Å²) in [5, 5.41) is 16.2. The third-order valence-electron chi connectivity index (χ3n) is 2.29. The quantitative estimate of drug-likeness (QED) is 0.688. The molecule has 0 saturated heterocycles. The van der Waals surface area contributed by atoms with E-state index in [1.165, 1.54) is 7.11 Å². The molecule has 0 aliphatic carbocycles. The lowest BCUT2D eigenvalue weighted by Gasteiger charge is -2.20. The lowest BCUT2D eigenvalue weighted by atomic mass is 10.1. The topological polar surface area (TPSA) is 53.5 Å². The Hall–Kier alpha value is -1.42. The van der Waals surface area contributed by atoms with Crippen molar-refractivity contribution in [1.82, 2.24) is 5.32 Å². The monoisotopic (exact) mass is 238 g/mol. The van der Waals surface area contributed by atoms with Crippen molar-refractivity contribution in [2.75, 3.05) is 25.5 Å². The fraction of sp³-hybridized carbons (Fsp3) is 0.538. The molecule has 4 heteroatoms. The number of phenolic OH excluding ortho intramolecular Hbond substituents is 1. The van der Waals surface area contributed by atoms with Crippen LogP contribution in [0.25, 0.3) is 0 Å². The highest BCUT2D eigenvalue weighted by Crippen LogP contribution is 2.28. The van der Waals surface area contributed by atoms with Crippen molar-refractivity contribution in [2.45, 2.75) is 26.3 Å². The van der Waals surface area contributed by atoms with E-state index in [0.717, 1.165) is 18.8 Å². The molecule has 1 aromatic rings. The summed E-state index contributed by atoms with van der Waals surface area (Å²) in [6.07, 6.45) is 0. The van der Waals surface area contributed by atoms with Gasteiger partial charge < -0.3 is 20.5 Å². The van der Waals surface area contributed by atoms with Crippen LogP contribution in [0.5, 0.6) is 11.5 Å². The van der Waals surface area contributed by atoms with Gasteiger partial charge in [0.05, 0.1) is 7.11 Å². The van der Waals surface area contributed by atoms with Crippen molar-refractivity contribution in [3.8, 4) is 11.5 Å². The zero-order chi connectivity index (χ0) is 12.9. The third kappa shape index (κ3) is 4.95. The fourth-order valence-electron chi connectivity index (χ4n) is 1.44. The van der Waals surface area contributed by atoms with E-state index in [2.05, 4.69) is 31.4 Å². The Balaban J connectivity index is 2.40. The maximum atomic E-state index is 9.60. The van der Waals surface area contributed by atoms with E-state index >= 15 is 0 Å². The molecule has 0 saturated carbocycles. The zero-order valence-corrected chi connectivity index (χ0v) is 11.0. The van der Waals surface area contributed by atoms with E-state index in [0.29, 0.717) is 5.75 Å². The van der Waals surface area contributed by atoms with Gasteiger partial charge in [-0.2, -0.15) is 0 Å². The smallest absolute Gasteiger partial charge is 0.160 e. The molecule has 0 unspecified atom stereocenters. The molecule has 0 spiro atoms. The summed E-state index contributed by atoms with van der Waals surface area (Å²) in [6, 6.07) is 5.29. The summed E-state index contributed by atoms with van der Waals surface area (Å²) in [6.45, 7) is 8.07. The molecule has 1 rings (SSSR count). The van der Waals surface area contributed by atoms with Crippen LogP contribution in [-0.4, -0.2) is 30.8 Å². The molecule has 0 radical (unpaired) electrons. The average Bonchev–Trinajstić information content (AvgIpc) is 2.23. The lowest BCUT2D eigenvalue weighted by Crippen LogP contribution is -2.38. The van der Waals surface area contributed by atoms with Gasteiger partial charge in [0, 0.05) is 30.4 Å². The molecule has 17 heavy (non-hydrogen) atoms. The molecule has 0 bridgehead atoms. The van der Waals surface area contributed by atoms with Crippen LogP contribution >= 0.6 is 0 Å². The molecule has 0 aliphatic heterocycles. The van der Waals surface area contributed by atoms with E-state index < -0.39 is 0 Å². The molecule has 4 nitrogen and oxygen atoms in total. The van der Waals surface area contributed by atoms with Crippen LogP contribution in [0.15, 0.2) is 18.2 Å². The first kappa shape index (κ1) is 13.6. The first-order valence-electron chi connectivity index (χ1n) is 5.78. The second-order valence-corrected chi connectivity index (χ2v) is 4.99. The third-order valence-corrected chi connectivity index (χ3v) is 2.29. The molecule has 96 valence electrons. The van der Waals surface area contributed by atoms with Crippen LogP contribution in [0, 0.1) is 0 Å². The molecule has 0 fully saturated rings. The second-order valence-electron chi connectivity index (χ2n) is 4.99. The SMILES string of the molecule is COc1ccc(NCCNC(C)(C)C)cc1O. The molecule has 0 heterocycles. The van der Waals surface area contributed by atoms with E-state index in [1.807, 2.05) is 6.07 Å². The Labute approximate surface area is 103 Å². The minimum absolute atomic E-state index is 0.129. The molecule has 0 aromatic heterocycles. The zero-order valence-electron chi connectivity index (χ0n) is 11.0. The molecule has 3 N–H and O–H groups in total. The Morgan fingerprint density at radius 1 is 1.24 bits per heavy atom. The number of benzene rings is 1. The van der Waals surface area contributed by atoms with Gasteiger partial charge in [-0.3, -0.25) is 0 Å². The number of hydrogen-bond donors (Lipinski definition) is 3. The average molecular weight is 238 g/mol. The van der Waals surface area contributed by atoms with Crippen LogP contribution in [0.1, 0.15) is 20.8 Å². The highest BCUT2D eigenvalue weighted by atomic mass is 16.5. The highest BCUT2D eigenvalue weighted by Gasteiger charge is 2.07. The summed E-state index contributed by atoms with van der Waals surface area (Å²) in [7, 11) is 1.54. The summed E-state index contributed by atoms with van der Waals surface area (Å²) < 4.78 is 4.98. The molecule has 0 aliphatic rings. The molecule has 0 amide bonds. The van der Waals surface area contributed by atoms with E-state index in [-0.39, 0.29) is 11.3 Å². The van der Waals surface area contributed by atoms with Gasteiger partial charge in [-0.25, -0.2) is 0 Å². The minimum atomic E-state index is 0.129. The molecular formula is C13H22N2O2. The summed E-state index contributed by atoms with van der Waals surface area (Å²) in [5.74, 6) is 0.643. The van der Waals surface area contributed by atoms with Crippen molar-refractivity contribution in [3.63, 3.8) is 0 Å². The van der Waals surface area contributed by atoms with Crippen molar-refractivity contribution >= 4 is 5.69 Å². The summed E-state index contributed by atoms with van der Waals surface area (Å²) in [4.78, 5) is 0. The number of aromatic hydroxyl groups is 1. The maximum absolute atomic E-state index is 9.60. The van der Waals surface area contributed by atoms with Gasteiger partial charge in [0.1, 0.15) is 0 Å². The molecular weight excluding hydrogens is 216 g/mol. The van der Waals surface area contributed by atoms with E-state index in [1.54, 1.807) is 12.1 Å². The largest absolute Gasteiger partial charge is 0.504 e. The van der Waals surface area contributed by atoms with Crippen LogP contribution in [0.4, 0.5) is 5.69 Å². The maximum Gasteiger partial charge on any atom is 0.160 e. The first-order valence-corrected chi connectivity index (χ1v) is 5.78. The predicted octanol–water partition coefficient (Wildman–Crippen LogP) is 2.20. The van der Waals surface area contributed by atoms with Crippen molar-refractivity contribution in [2.24, 2.45) is 0 Å². The fourth-order valence-corrected chi connectivity index (χ4v) is 1.44. The predicted molar refractivity (Wildman–Crippen MR) is 70.9 cm³/mol. The van der Waals surface area contributed by atoms with Crippen LogP contribution in [0.3, 0.4) is 0 Å². The van der Waals surface area contributed by atoms with Gasteiger partial charge in [-0.1, -0.05) is 0 Å². The number of anilines is 1. The Morgan fingerprint density at radius 2 is 1.94 bits per heavy atom. The van der Waals surface area contributed by atoms with Crippen LogP contribution in [-0.2, 0) is 0 Å². The van der Waals surface area contributed by atoms with Gasteiger partial charge in [-0.15, -0.1) is 0 Å². The first-order chi connectivity index (χ1) is 7.92. The Morgan fingerprint density at radius 3 is 2.47 bits per heavy atom. The number of rotatable bonds is 5. The highest BCUT2D eigenvalue weighted by molar-refractivity contribution is 5.54. The van der Waals surface area contributed by atoms with Crippen LogP contribution in [0.2, 0.25) is 0 Å². The van der Waals surface area contributed by atoms with E-state index in [9.17, 15) is 5.11 Å². The Kier molecular flexibility index (Phi) is 4.63. The van der Waals surface area contributed by atoms with Gasteiger partial charge in [0.25, 0.3) is 0 Å². The number of hydrogen-bond acceptors (Lipinski definition) is 4. The lowest BCUT2D eigenvalue weighted by molar-refractivity contribution is 0.373. The number of ether oxygens (including phenoxy) is 1. The van der Waals surface area contributed by atoms with Crippen molar-refractivity contribution < 1.29 is 9.84 Å². The number of methoxy groups -OCH3 is 1. The standard InChI is InChI=1S/C13H22N2O2/c1-13(2,3)15-8-7-14-10-5-6-12(17-4)11(16)9-10/h5-6,9,14-16H,7-8H2,1-4H3. The van der Waals surface area contributed by atoms with Gasteiger partial charge >= 0.3 is 0 Å². The molecule has 0 atom stereocenters. The normalized spacial score (nSPS) is 11.3. The number of phenols is 1. The van der Waals surface area contributed by atoms with Crippen molar-refractivity contribution in [1.29, 1.82) is 0 Å². The summed E-state index contributed by atoms with van der Waals surface area (Å²) >= 11 is 0. The summed E-state index contributed by atoms with van der Waals surface area (Å²) in [5.41, 5.74) is 1.02. The van der Waals surface area contributed by atoms with Gasteiger partial charge in [0.15, 0.2) is 11.5 Å². The van der Waals surface area contributed by atoms with Crippen LogP contribution < -0.4 is 15.4 Å². The van der Waals surface area contributed by atoms with E-state index in [4.69, 9.17) is 4.74 Å². The number of nitrogens with one attached hydrogen (secondary N) is 2. The molecule has 1 aromatic carbocycles. The van der Waals surface area contributed by atoms with Crippen molar-refractivity contribution in [3.05, 3.63) is 18.2 Å². The second kappa shape index (κ2) is 5.77. The van der Waals surface area contributed by atoms with Gasteiger partial charge in [-0.05, 0) is 32.9 Å². The Bertz CT molecular complexity index is 359. The van der Waals surface area contributed by atoms with Gasteiger partial charge in [0.2, 0.25) is 0 Å².